The first-order valence-corrected chi connectivity index (χ1v) is 12.1. The maximum atomic E-state index is 11.5. The van der Waals surface area contributed by atoms with Crippen LogP contribution in [0.3, 0.4) is 0 Å². The molecule has 2 aliphatic rings. The third kappa shape index (κ3) is 7.69. The standard InChI is InChI=1S/C14H25NO17S2/c1-4(17)15-7-11(8(18)5(2-16)29-13(7)21)31-14-10(20)12(32-34(25,26)27)9(19)6(30-14)3-28-33(22,23)24/h5-14,16,18-21H,2-3H2,1H3,(H,15,17)(H,22,23,24)(H,25,26,27)/t5-,6-,7-,8+,9+,10-,11-,12+,13?,14+/m1/s1. The van der Waals surface area contributed by atoms with Crippen molar-refractivity contribution < 1.29 is 78.8 Å². The number of hydrogen-bond donors (Lipinski definition) is 8. The quantitative estimate of drug-likeness (QED) is 0.126. The lowest BCUT2D eigenvalue weighted by Crippen LogP contribution is -2.68. The van der Waals surface area contributed by atoms with Crippen LogP contribution in [0.1, 0.15) is 6.92 Å². The lowest BCUT2D eigenvalue weighted by Gasteiger charge is -2.46. The highest BCUT2D eigenvalue weighted by molar-refractivity contribution is 7.81. The van der Waals surface area contributed by atoms with E-state index in [9.17, 15) is 47.2 Å². The van der Waals surface area contributed by atoms with E-state index < -0.39 is 101 Å². The summed E-state index contributed by atoms with van der Waals surface area (Å²) in [6.45, 7) is -0.961. The van der Waals surface area contributed by atoms with Crippen molar-refractivity contribution in [2.45, 2.75) is 68.3 Å². The number of nitrogens with one attached hydrogen (secondary N) is 1. The second-order valence-corrected chi connectivity index (χ2v) is 9.43. The summed E-state index contributed by atoms with van der Waals surface area (Å²) in [5, 5.41) is 52.8. The molecular weight excluding hydrogens is 518 g/mol. The average molecular weight is 543 g/mol. The molecule has 0 aromatic heterocycles. The first kappa shape index (κ1) is 29.1. The zero-order valence-corrected chi connectivity index (χ0v) is 18.9. The predicted molar refractivity (Wildman–Crippen MR) is 101 cm³/mol. The molecule has 0 aromatic rings. The molecule has 2 heterocycles. The Bertz CT molecular complexity index is 911. The van der Waals surface area contributed by atoms with Crippen molar-refractivity contribution in [3.05, 3.63) is 0 Å². The molecule has 2 aliphatic heterocycles. The van der Waals surface area contributed by atoms with E-state index >= 15 is 0 Å². The Balaban J connectivity index is 2.36. The van der Waals surface area contributed by atoms with Crippen LogP contribution in [0.5, 0.6) is 0 Å². The number of hydrogen-bond acceptors (Lipinski definition) is 15. The molecule has 0 saturated carbocycles. The molecule has 20 heteroatoms. The topological polar surface area (TPSA) is 285 Å². The summed E-state index contributed by atoms with van der Waals surface area (Å²) in [6, 6.07) is -1.54. The van der Waals surface area contributed by atoms with Gasteiger partial charge in [0.2, 0.25) is 5.91 Å². The van der Waals surface area contributed by atoms with Gasteiger partial charge in [0.1, 0.15) is 48.8 Å². The van der Waals surface area contributed by atoms with Gasteiger partial charge >= 0.3 is 20.8 Å². The van der Waals surface area contributed by atoms with Gasteiger partial charge in [0.25, 0.3) is 0 Å². The summed E-state index contributed by atoms with van der Waals surface area (Å²) in [4.78, 5) is 11.5. The Kier molecular flexibility index (Phi) is 9.68. The molecule has 10 atom stereocenters. The Morgan fingerprint density at radius 2 is 1.50 bits per heavy atom. The summed E-state index contributed by atoms with van der Waals surface area (Å²) in [5.41, 5.74) is 0. The highest BCUT2D eigenvalue weighted by Gasteiger charge is 2.52. The number of ether oxygens (including phenoxy) is 3. The van der Waals surface area contributed by atoms with Crippen LogP contribution >= 0.6 is 0 Å². The van der Waals surface area contributed by atoms with E-state index in [0.29, 0.717) is 0 Å². The minimum absolute atomic E-state index is 0.733. The fraction of sp³-hybridized carbons (Fsp3) is 0.929. The molecule has 0 bridgehead atoms. The summed E-state index contributed by atoms with van der Waals surface area (Å²) < 4.78 is 85.6. The molecule has 2 saturated heterocycles. The molecule has 2 rings (SSSR count). The van der Waals surface area contributed by atoms with Crippen LogP contribution in [0.2, 0.25) is 0 Å². The van der Waals surface area contributed by atoms with Crippen LogP contribution in [0.25, 0.3) is 0 Å². The number of aliphatic hydroxyl groups excluding tert-OH is 5. The highest BCUT2D eigenvalue weighted by Crippen LogP contribution is 2.30. The zero-order valence-electron chi connectivity index (χ0n) is 17.2. The fourth-order valence-electron chi connectivity index (χ4n) is 3.35. The number of amides is 1. The molecule has 18 nitrogen and oxygen atoms in total. The van der Waals surface area contributed by atoms with Gasteiger partial charge in [-0.15, -0.1) is 0 Å². The van der Waals surface area contributed by atoms with E-state index in [-0.39, 0.29) is 0 Å². The van der Waals surface area contributed by atoms with Crippen molar-refractivity contribution in [1.82, 2.24) is 5.32 Å². The predicted octanol–water partition coefficient (Wildman–Crippen LogP) is -5.60. The molecular formula is C14H25NO17S2. The largest absolute Gasteiger partial charge is 0.397 e. The van der Waals surface area contributed by atoms with Crippen molar-refractivity contribution in [1.29, 1.82) is 0 Å². The summed E-state index contributed by atoms with van der Waals surface area (Å²) in [6.07, 6.45) is -17.5. The van der Waals surface area contributed by atoms with E-state index in [1.807, 2.05) is 0 Å². The van der Waals surface area contributed by atoms with Crippen molar-refractivity contribution in [3.8, 4) is 0 Å². The molecule has 1 unspecified atom stereocenters. The van der Waals surface area contributed by atoms with E-state index in [2.05, 4.69) is 13.7 Å². The van der Waals surface area contributed by atoms with E-state index in [1.54, 1.807) is 0 Å². The Labute approximate surface area is 192 Å². The lowest BCUT2D eigenvalue weighted by molar-refractivity contribution is -0.338. The maximum absolute atomic E-state index is 11.5. The molecule has 34 heavy (non-hydrogen) atoms. The van der Waals surface area contributed by atoms with Crippen molar-refractivity contribution in [3.63, 3.8) is 0 Å². The number of carbonyl (C=O) groups excluding carboxylic acids is 1. The van der Waals surface area contributed by atoms with Gasteiger partial charge in [-0.25, -0.2) is 8.37 Å². The molecule has 0 aliphatic carbocycles. The van der Waals surface area contributed by atoms with Crippen molar-refractivity contribution in [2.24, 2.45) is 0 Å². The van der Waals surface area contributed by atoms with Gasteiger partial charge in [-0.05, 0) is 0 Å². The highest BCUT2D eigenvalue weighted by atomic mass is 32.3. The minimum Gasteiger partial charge on any atom is -0.394 e. The molecule has 0 aromatic carbocycles. The van der Waals surface area contributed by atoms with E-state index in [1.165, 1.54) is 0 Å². The second kappa shape index (κ2) is 11.3. The average Bonchev–Trinajstić information content (AvgIpc) is 2.69. The lowest BCUT2D eigenvalue weighted by atomic mass is 9.95. The second-order valence-electron chi connectivity index (χ2n) is 7.29. The van der Waals surface area contributed by atoms with Crippen LogP contribution < -0.4 is 5.32 Å². The van der Waals surface area contributed by atoms with E-state index in [4.69, 9.17) is 23.3 Å². The minimum atomic E-state index is -5.31. The molecule has 0 spiro atoms. The third-order valence-corrected chi connectivity index (χ3v) is 5.69. The summed E-state index contributed by atoms with van der Waals surface area (Å²) in [5.74, 6) is -0.733. The maximum Gasteiger partial charge on any atom is 0.397 e. The molecule has 2 fully saturated rings. The zero-order chi connectivity index (χ0) is 26.0. The smallest absolute Gasteiger partial charge is 0.394 e. The van der Waals surface area contributed by atoms with Crippen molar-refractivity contribution in [2.75, 3.05) is 13.2 Å². The first-order valence-electron chi connectivity index (χ1n) is 9.38. The van der Waals surface area contributed by atoms with Gasteiger partial charge in [-0.1, -0.05) is 0 Å². The fourth-order valence-corrected chi connectivity index (χ4v) is 4.16. The van der Waals surface area contributed by atoms with E-state index in [0.717, 1.165) is 6.92 Å². The summed E-state index contributed by atoms with van der Waals surface area (Å²) in [7, 11) is -10.4. The third-order valence-electron chi connectivity index (χ3n) is 4.79. The number of aliphatic hydroxyl groups is 5. The Morgan fingerprint density at radius 3 is 2.00 bits per heavy atom. The van der Waals surface area contributed by atoms with Crippen LogP contribution in [0, 0.1) is 0 Å². The monoisotopic (exact) mass is 543 g/mol. The van der Waals surface area contributed by atoms with Gasteiger partial charge in [-0.2, -0.15) is 16.8 Å². The SMILES string of the molecule is CC(=O)N[C@H]1C(O)O[C@H](CO)[C@H](O)[C@@H]1O[C@@H]1O[C@H](COS(=O)(=O)O)[C@H](O)[C@H](OS(=O)(=O)O)[C@H]1O. The number of carbonyl (C=O) groups is 1. The van der Waals surface area contributed by atoms with Gasteiger partial charge in [0, 0.05) is 6.92 Å². The van der Waals surface area contributed by atoms with Gasteiger partial charge in [-0.3, -0.25) is 13.9 Å². The van der Waals surface area contributed by atoms with Crippen LogP contribution in [-0.4, -0.2) is 132 Å². The van der Waals surface area contributed by atoms with Crippen LogP contribution in [0.4, 0.5) is 0 Å². The van der Waals surface area contributed by atoms with Gasteiger partial charge in [0.15, 0.2) is 12.6 Å². The normalized spacial score (nSPS) is 39.5. The molecule has 1 amide bonds. The van der Waals surface area contributed by atoms with Gasteiger partial charge in [0.05, 0.1) is 13.2 Å². The molecule has 0 radical (unpaired) electrons. The first-order chi connectivity index (χ1) is 15.5. The Morgan fingerprint density at radius 1 is 0.912 bits per heavy atom. The Hall–Kier alpha value is -1.11. The molecule has 200 valence electrons. The van der Waals surface area contributed by atoms with Crippen molar-refractivity contribution >= 4 is 26.7 Å². The number of rotatable bonds is 9. The van der Waals surface area contributed by atoms with Crippen LogP contribution in [-0.2, 0) is 48.2 Å². The van der Waals surface area contributed by atoms with Crippen LogP contribution in [0.15, 0.2) is 0 Å². The summed E-state index contributed by atoms with van der Waals surface area (Å²) >= 11 is 0. The molecule has 8 N–H and O–H groups in total. The van der Waals surface area contributed by atoms with Gasteiger partial charge < -0.3 is 45.1 Å².